The van der Waals surface area contributed by atoms with Crippen molar-refractivity contribution >= 4 is 27.5 Å². The van der Waals surface area contributed by atoms with E-state index in [1.54, 1.807) is 30.3 Å². The van der Waals surface area contributed by atoms with Gasteiger partial charge < -0.3 is 5.32 Å². The van der Waals surface area contributed by atoms with Crippen molar-refractivity contribution in [3.63, 3.8) is 0 Å². The lowest BCUT2D eigenvalue weighted by molar-refractivity contribution is -0.126. The third-order valence-electron chi connectivity index (χ3n) is 4.99. The van der Waals surface area contributed by atoms with Crippen LogP contribution in [0.2, 0.25) is 5.02 Å². The third kappa shape index (κ3) is 5.34. The first-order valence-corrected chi connectivity index (χ1v) is 11.4. The molecule has 3 rings (SSSR count). The highest BCUT2D eigenvalue weighted by Crippen LogP contribution is 2.23. The molecule has 0 unspecified atom stereocenters. The quantitative estimate of drug-likeness (QED) is 0.697. The number of halogens is 1. The maximum absolute atomic E-state index is 12.8. The van der Waals surface area contributed by atoms with Gasteiger partial charge in [-0.15, -0.1) is 0 Å². The number of nitrogens with zero attached hydrogens (tertiary/aromatic N) is 1. The average Bonchev–Trinajstić information content (AvgIpc) is 2.73. The van der Waals surface area contributed by atoms with Crippen LogP contribution in [0.5, 0.6) is 0 Å². The normalized spacial score (nSPS) is 18.0. The van der Waals surface area contributed by atoms with Crippen LogP contribution in [-0.2, 0) is 21.2 Å². The molecule has 1 atom stereocenters. The Hall–Kier alpha value is -1.89. The Balaban J connectivity index is 1.49. The molecule has 0 bridgehead atoms. The van der Waals surface area contributed by atoms with Crippen molar-refractivity contribution in [3.8, 4) is 0 Å². The van der Waals surface area contributed by atoms with Crippen molar-refractivity contribution < 1.29 is 13.2 Å². The summed E-state index contributed by atoms with van der Waals surface area (Å²) in [6.45, 7) is 1.27. The van der Waals surface area contributed by atoms with Gasteiger partial charge >= 0.3 is 0 Å². The Morgan fingerprint density at radius 2 is 1.82 bits per heavy atom. The lowest BCUT2D eigenvalue weighted by atomic mass is 9.99. The molecule has 7 heteroatoms. The maximum atomic E-state index is 12.8. The van der Waals surface area contributed by atoms with Crippen molar-refractivity contribution in [1.29, 1.82) is 0 Å². The molecule has 0 spiro atoms. The molecule has 0 aliphatic carbocycles. The molecular formula is C21H25ClN2O3S. The lowest BCUT2D eigenvalue weighted by Crippen LogP contribution is -2.45. The molecule has 2 aromatic carbocycles. The topological polar surface area (TPSA) is 66.5 Å². The molecule has 2 aromatic rings. The summed E-state index contributed by atoms with van der Waals surface area (Å²) in [6.07, 6.45) is 3.08. The fourth-order valence-electron chi connectivity index (χ4n) is 3.42. The molecule has 1 fully saturated rings. The minimum atomic E-state index is -3.55. The number of benzene rings is 2. The third-order valence-corrected chi connectivity index (χ3v) is 7.12. The summed E-state index contributed by atoms with van der Waals surface area (Å²) in [5.74, 6) is -0.369. The molecule has 150 valence electrons. The van der Waals surface area contributed by atoms with E-state index in [9.17, 15) is 13.2 Å². The standard InChI is InChI=1S/C21H25ClN2O3S/c22-19-12-10-17(11-13-19)6-4-14-23-21(25)18-7-5-15-24(16-18)28(26,27)20-8-2-1-3-9-20/h1-3,8-13,18H,4-7,14-16H2,(H,23,25)/t18-/m1/s1. The van der Waals surface area contributed by atoms with Gasteiger partial charge in [-0.25, -0.2) is 8.42 Å². The Morgan fingerprint density at radius 3 is 2.54 bits per heavy atom. The molecule has 1 aliphatic rings. The molecule has 5 nitrogen and oxygen atoms in total. The highest BCUT2D eigenvalue weighted by molar-refractivity contribution is 7.89. The van der Waals surface area contributed by atoms with Crippen molar-refractivity contribution in [2.75, 3.05) is 19.6 Å². The van der Waals surface area contributed by atoms with Crippen LogP contribution >= 0.6 is 11.6 Å². The monoisotopic (exact) mass is 420 g/mol. The van der Waals surface area contributed by atoms with E-state index >= 15 is 0 Å². The average molecular weight is 421 g/mol. The first-order chi connectivity index (χ1) is 13.5. The summed E-state index contributed by atoms with van der Waals surface area (Å²) in [5, 5.41) is 3.67. The Labute approximate surface area is 171 Å². The molecule has 0 radical (unpaired) electrons. The Kier molecular flexibility index (Phi) is 7.10. The molecule has 1 amide bonds. The first-order valence-electron chi connectivity index (χ1n) is 9.54. The van der Waals surface area contributed by atoms with Crippen molar-refractivity contribution in [2.45, 2.75) is 30.6 Å². The van der Waals surface area contributed by atoms with Crippen LogP contribution in [0.3, 0.4) is 0 Å². The van der Waals surface area contributed by atoms with E-state index in [1.807, 2.05) is 24.3 Å². The van der Waals surface area contributed by atoms with Gasteiger partial charge in [0.2, 0.25) is 15.9 Å². The zero-order chi connectivity index (χ0) is 20.0. The summed E-state index contributed by atoms with van der Waals surface area (Å²) in [5.41, 5.74) is 1.18. The highest BCUT2D eigenvalue weighted by atomic mass is 35.5. The van der Waals surface area contributed by atoms with E-state index in [0.717, 1.165) is 12.8 Å². The van der Waals surface area contributed by atoms with Gasteiger partial charge in [-0.1, -0.05) is 41.9 Å². The number of aryl methyl sites for hydroxylation is 1. The molecule has 0 saturated carbocycles. The smallest absolute Gasteiger partial charge is 0.243 e. The Morgan fingerprint density at radius 1 is 1.11 bits per heavy atom. The summed E-state index contributed by atoms with van der Waals surface area (Å²) < 4.78 is 27.0. The molecule has 28 heavy (non-hydrogen) atoms. The number of piperidine rings is 1. The van der Waals surface area contributed by atoms with Gasteiger partial charge in [-0.3, -0.25) is 4.79 Å². The molecule has 1 saturated heterocycles. The van der Waals surface area contributed by atoms with E-state index in [1.165, 1.54) is 9.87 Å². The van der Waals surface area contributed by atoms with Gasteiger partial charge in [0, 0.05) is 24.7 Å². The second-order valence-corrected chi connectivity index (χ2v) is 9.41. The van der Waals surface area contributed by atoms with Crippen LogP contribution in [0, 0.1) is 5.92 Å². The molecule has 0 aromatic heterocycles. The predicted molar refractivity (Wildman–Crippen MR) is 111 cm³/mol. The number of sulfonamides is 1. The lowest BCUT2D eigenvalue weighted by Gasteiger charge is -2.31. The van der Waals surface area contributed by atoms with Crippen LogP contribution in [-0.4, -0.2) is 38.3 Å². The number of nitrogens with one attached hydrogen (secondary N) is 1. The summed E-state index contributed by atoms with van der Waals surface area (Å²) >= 11 is 5.88. The largest absolute Gasteiger partial charge is 0.356 e. The molecule has 1 N–H and O–H groups in total. The number of hydrogen-bond donors (Lipinski definition) is 1. The van der Waals surface area contributed by atoms with Crippen LogP contribution in [0.4, 0.5) is 0 Å². The maximum Gasteiger partial charge on any atom is 0.243 e. The van der Waals surface area contributed by atoms with E-state index in [-0.39, 0.29) is 23.3 Å². The number of carbonyl (C=O) groups excluding carboxylic acids is 1. The summed E-state index contributed by atoms with van der Waals surface area (Å²) in [7, 11) is -3.55. The van der Waals surface area contributed by atoms with Gasteiger partial charge in [-0.2, -0.15) is 4.31 Å². The van der Waals surface area contributed by atoms with Gasteiger partial charge in [0.15, 0.2) is 0 Å². The number of rotatable bonds is 7. The van der Waals surface area contributed by atoms with Crippen LogP contribution in [0.25, 0.3) is 0 Å². The zero-order valence-electron chi connectivity index (χ0n) is 15.7. The van der Waals surface area contributed by atoms with Gasteiger partial charge in [0.25, 0.3) is 0 Å². The zero-order valence-corrected chi connectivity index (χ0v) is 17.3. The second-order valence-electron chi connectivity index (χ2n) is 7.04. The number of hydrogen-bond acceptors (Lipinski definition) is 3. The fraction of sp³-hybridized carbons (Fsp3) is 0.381. The molecule has 1 aliphatic heterocycles. The second kappa shape index (κ2) is 9.54. The van der Waals surface area contributed by atoms with Crippen molar-refractivity contribution in [3.05, 3.63) is 65.2 Å². The SMILES string of the molecule is O=C(NCCCc1ccc(Cl)cc1)[C@@H]1CCCN(S(=O)(=O)c2ccccc2)C1. The number of amides is 1. The summed E-state index contributed by atoms with van der Waals surface area (Å²) in [4.78, 5) is 12.8. The number of carbonyl (C=O) groups is 1. The predicted octanol–water partition coefficient (Wildman–Crippen LogP) is 3.49. The van der Waals surface area contributed by atoms with E-state index in [2.05, 4.69) is 5.32 Å². The van der Waals surface area contributed by atoms with Crippen molar-refractivity contribution in [1.82, 2.24) is 9.62 Å². The molecular weight excluding hydrogens is 396 g/mol. The van der Waals surface area contributed by atoms with Gasteiger partial charge in [0.05, 0.1) is 10.8 Å². The van der Waals surface area contributed by atoms with Gasteiger partial charge in [0.1, 0.15) is 0 Å². The van der Waals surface area contributed by atoms with Crippen LogP contribution < -0.4 is 5.32 Å². The van der Waals surface area contributed by atoms with E-state index in [0.29, 0.717) is 31.0 Å². The van der Waals surface area contributed by atoms with Crippen LogP contribution in [0.1, 0.15) is 24.8 Å². The minimum Gasteiger partial charge on any atom is -0.356 e. The first kappa shape index (κ1) is 20.8. The fourth-order valence-corrected chi connectivity index (χ4v) is 5.09. The minimum absolute atomic E-state index is 0.0657. The van der Waals surface area contributed by atoms with E-state index < -0.39 is 10.0 Å². The van der Waals surface area contributed by atoms with E-state index in [4.69, 9.17) is 11.6 Å². The van der Waals surface area contributed by atoms with Crippen LogP contribution in [0.15, 0.2) is 59.5 Å². The van der Waals surface area contributed by atoms with Crippen molar-refractivity contribution in [2.24, 2.45) is 5.92 Å². The Bertz CT molecular complexity index is 886. The van der Waals surface area contributed by atoms with Gasteiger partial charge in [-0.05, 0) is 55.5 Å². The molecule has 1 heterocycles. The summed E-state index contributed by atoms with van der Waals surface area (Å²) in [6, 6.07) is 16.1. The highest BCUT2D eigenvalue weighted by Gasteiger charge is 2.33.